The topological polar surface area (TPSA) is 110 Å². The van der Waals surface area contributed by atoms with Crippen LogP contribution < -0.4 is 4.90 Å². The number of aliphatic carboxylic acids is 1. The molecule has 0 saturated heterocycles. The summed E-state index contributed by atoms with van der Waals surface area (Å²) in [7, 11) is -2.93. The largest absolute Gasteiger partial charge is 0.744 e. The summed E-state index contributed by atoms with van der Waals surface area (Å²) in [6, 6.07) is 21.5. The van der Waals surface area contributed by atoms with E-state index >= 15 is 0 Å². The molecule has 0 fully saturated rings. The first-order valence-electron chi connectivity index (χ1n) is 17.4. The number of allylic oxidation sites excluding steroid dienone is 4. The molecule has 1 atom stereocenters. The molecule has 2 aliphatic heterocycles. The first-order valence-corrected chi connectivity index (χ1v) is 18.8. The molecule has 8 nitrogen and oxygen atoms in total. The van der Waals surface area contributed by atoms with Crippen molar-refractivity contribution in [2.24, 2.45) is 0 Å². The maximum absolute atomic E-state index is 12.2. The lowest BCUT2D eigenvalue weighted by molar-refractivity contribution is -0.433. The van der Waals surface area contributed by atoms with Gasteiger partial charge >= 0.3 is 5.97 Å². The summed E-state index contributed by atoms with van der Waals surface area (Å²) in [6.07, 6.45) is 9.62. The quantitative estimate of drug-likeness (QED) is 0.0854. The third-order valence-corrected chi connectivity index (χ3v) is 11.5. The van der Waals surface area contributed by atoms with Crippen molar-refractivity contribution in [2.75, 3.05) is 31.7 Å². The summed E-state index contributed by atoms with van der Waals surface area (Å²) in [4.78, 5) is 13.2. The predicted octanol–water partition coefficient (Wildman–Crippen LogP) is 8.19. The number of unbranched alkanes of at least 4 members (excludes halogenated alkanes) is 2. The fourth-order valence-corrected chi connectivity index (χ4v) is 8.99. The number of carboxylic acid groups (broad SMARTS) is 1. The minimum atomic E-state index is -4.68. The van der Waals surface area contributed by atoms with Crippen LogP contribution in [0.1, 0.15) is 70.9 Å². The highest BCUT2D eigenvalue weighted by molar-refractivity contribution is 7.86. The maximum Gasteiger partial charge on any atom is 0.303 e. The van der Waals surface area contributed by atoms with E-state index in [-0.39, 0.29) is 16.7 Å². The molecule has 4 aromatic rings. The normalized spacial score (nSPS) is 19.3. The van der Waals surface area contributed by atoms with Gasteiger partial charge in [0.1, 0.15) is 16.7 Å². The number of methoxy groups -OCH3 is 1. The van der Waals surface area contributed by atoms with Crippen molar-refractivity contribution in [3.05, 3.63) is 102 Å². The number of rotatable bonds is 13. The zero-order valence-corrected chi connectivity index (χ0v) is 30.3. The van der Waals surface area contributed by atoms with Crippen LogP contribution in [0.5, 0.6) is 0 Å². The van der Waals surface area contributed by atoms with E-state index in [2.05, 4.69) is 91.8 Å². The van der Waals surface area contributed by atoms with Crippen LogP contribution in [0.4, 0.5) is 11.4 Å². The highest BCUT2D eigenvalue weighted by Gasteiger charge is 2.48. The van der Waals surface area contributed by atoms with Crippen molar-refractivity contribution in [1.29, 1.82) is 0 Å². The summed E-state index contributed by atoms with van der Waals surface area (Å²) in [5, 5.41) is 12.8. The number of fused-ring (bicyclic) bond motifs is 6. The maximum atomic E-state index is 12.2. The third-order valence-electron chi connectivity index (χ3n) is 10.6. The van der Waals surface area contributed by atoms with Gasteiger partial charge in [0.15, 0.2) is 5.71 Å². The SMILES string of the molecule is CC[N+]1=C(/C=C/C=C2/N(CCCCCC(=O)O)c3ccc4c(S(=O)(=O)[O-])cccc4c3C2(C)C)C(C)(CCOC)c2c1ccc1ccccc21. The standard InChI is InChI=1S/C41H46N2O6S/c1-6-42-33-23-21-28-14-9-10-15-29(28)39(33)41(4,25-27-49-5)36(42)19-13-18-35-40(2,3)38-31-16-12-17-34(50(46,47)48)30(31)22-24-32(38)43(35)26-11-7-8-20-37(44)45/h9-10,12-19,21-24H,6-8,11,20,25-27H2,1-5H3,(H-,44,45,46,47,48). The minimum absolute atomic E-state index is 0.136. The molecule has 0 amide bonds. The Labute approximate surface area is 295 Å². The Morgan fingerprint density at radius 2 is 1.70 bits per heavy atom. The molecule has 2 heterocycles. The van der Waals surface area contributed by atoms with Crippen LogP contribution in [0, 0.1) is 0 Å². The summed E-state index contributed by atoms with van der Waals surface area (Å²) in [5.41, 5.74) is 5.88. The lowest BCUT2D eigenvalue weighted by atomic mass is 9.74. The Balaban J connectivity index is 1.46. The van der Waals surface area contributed by atoms with Crippen molar-refractivity contribution in [3.8, 4) is 0 Å². The van der Waals surface area contributed by atoms with Crippen molar-refractivity contribution in [3.63, 3.8) is 0 Å². The highest BCUT2D eigenvalue weighted by atomic mass is 32.2. The van der Waals surface area contributed by atoms with Crippen LogP contribution in [-0.4, -0.2) is 61.1 Å². The van der Waals surface area contributed by atoms with Gasteiger partial charge in [0.05, 0.1) is 10.3 Å². The van der Waals surface area contributed by atoms with Gasteiger partial charge in [-0.3, -0.25) is 4.79 Å². The number of ether oxygens (including phenoxy) is 1. The Morgan fingerprint density at radius 3 is 2.42 bits per heavy atom. The van der Waals surface area contributed by atoms with E-state index in [9.17, 15) is 17.8 Å². The molecule has 9 heteroatoms. The molecule has 0 aromatic heterocycles. The molecule has 0 bridgehead atoms. The lowest BCUT2D eigenvalue weighted by Gasteiger charge is -2.27. The second kappa shape index (κ2) is 13.8. The van der Waals surface area contributed by atoms with Gasteiger partial charge in [-0.05, 0) is 84.5 Å². The molecule has 1 N–H and O–H groups in total. The zero-order chi connectivity index (χ0) is 35.8. The number of carbonyl (C=O) groups is 1. The number of nitrogens with zero attached hydrogens (tertiary/aromatic N) is 2. The van der Waals surface area contributed by atoms with Gasteiger partial charge in [-0.15, -0.1) is 0 Å². The number of carboxylic acids is 1. The Morgan fingerprint density at radius 1 is 0.940 bits per heavy atom. The Hall–Kier alpha value is -4.31. The molecule has 0 radical (unpaired) electrons. The molecule has 1 unspecified atom stereocenters. The molecule has 6 rings (SSSR count). The van der Waals surface area contributed by atoms with E-state index in [0.29, 0.717) is 25.0 Å². The highest BCUT2D eigenvalue weighted by Crippen LogP contribution is 2.52. The van der Waals surface area contributed by atoms with E-state index < -0.39 is 21.5 Å². The lowest BCUT2D eigenvalue weighted by Crippen LogP contribution is -2.32. The fourth-order valence-electron chi connectivity index (χ4n) is 8.30. The summed E-state index contributed by atoms with van der Waals surface area (Å²) >= 11 is 0. The van der Waals surface area contributed by atoms with Crippen LogP contribution in [0.25, 0.3) is 21.5 Å². The van der Waals surface area contributed by atoms with E-state index in [1.165, 1.54) is 33.8 Å². The molecular formula is C41H46N2O6S. The van der Waals surface area contributed by atoms with Crippen LogP contribution in [0.3, 0.4) is 0 Å². The van der Waals surface area contributed by atoms with Crippen molar-refractivity contribution in [1.82, 2.24) is 0 Å². The smallest absolute Gasteiger partial charge is 0.303 e. The van der Waals surface area contributed by atoms with Crippen molar-refractivity contribution in [2.45, 2.75) is 75.5 Å². The Kier molecular flexibility index (Phi) is 9.79. The van der Waals surface area contributed by atoms with Gasteiger partial charge < -0.3 is 19.3 Å². The van der Waals surface area contributed by atoms with Crippen molar-refractivity contribution < 1.29 is 32.2 Å². The summed E-state index contributed by atoms with van der Waals surface area (Å²) < 4.78 is 44.8. The molecule has 0 spiro atoms. The summed E-state index contributed by atoms with van der Waals surface area (Å²) in [6.45, 7) is 10.9. The predicted molar refractivity (Wildman–Crippen MR) is 199 cm³/mol. The molecule has 4 aromatic carbocycles. The van der Waals surface area contributed by atoms with E-state index in [0.717, 1.165) is 48.1 Å². The molecule has 2 aliphatic rings. The fraction of sp³-hybridized carbons (Fsp3) is 0.366. The van der Waals surface area contributed by atoms with Gasteiger partial charge in [0, 0.05) is 61.2 Å². The van der Waals surface area contributed by atoms with Gasteiger partial charge in [0.2, 0.25) is 5.69 Å². The van der Waals surface area contributed by atoms with Gasteiger partial charge in [-0.2, -0.15) is 4.58 Å². The monoisotopic (exact) mass is 694 g/mol. The van der Waals surface area contributed by atoms with Crippen LogP contribution in [0.2, 0.25) is 0 Å². The van der Waals surface area contributed by atoms with Crippen LogP contribution in [-0.2, 0) is 30.5 Å². The summed E-state index contributed by atoms with van der Waals surface area (Å²) in [5.74, 6) is -0.794. The average Bonchev–Trinajstić information content (AvgIpc) is 3.46. The molecule has 50 heavy (non-hydrogen) atoms. The Bertz CT molecular complexity index is 2180. The number of benzene rings is 4. The van der Waals surface area contributed by atoms with Gasteiger partial charge in [0.25, 0.3) is 0 Å². The second-order valence-electron chi connectivity index (χ2n) is 14.0. The van der Waals surface area contributed by atoms with E-state index in [4.69, 9.17) is 9.84 Å². The van der Waals surface area contributed by atoms with Crippen LogP contribution in [0.15, 0.2) is 95.6 Å². The number of hydrogen-bond acceptors (Lipinski definition) is 6. The minimum Gasteiger partial charge on any atom is -0.744 e. The first-order chi connectivity index (χ1) is 23.8. The third kappa shape index (κ3) is 6.16. The molecule has 262 valence electrons. The molecule has 0 aliphatic carbocycles. The average molecular weight is 695 g/mol. The van der Waals surface area contributed by atoms with E-state index in [1.54, 1.807) is 19.2 Å². The second-order valence-corrected chi connectivity index (χ2v) is 15.4. The number of anilines is 1. The van der Waals surface area contributed by atoms with Crippen LogP contribution >= 0.6 is 0 Å². The zero-order valence-electron chi connectivity index (χ0n) is 29.5. The number of hydrogen-bond donors (Lipinski definition) is 1. The van der Waals surface area contributed by atoms with Gasteiger partial charge in [-0.25, -0.2) is 8.42 Å². The van der Waals surface area contributed by atoms with Crippen molar-refractivity contribution >= 4 is 54.7 Å². The molecular weight excluding hydrogens is 649 g/mol. The molecule has 0 saturated carbocycles. The van der Waals surface area contributed by atoms with Gasteiger partial charge in [-0.1, -0.05) is 68.8 Å². The van der Waals surface area contributed by atoms with E-state index in [1.807, 2.05) is 12.1 Å². The first kappa shape index (κ1) is 35.5.